The quantitative estimate of drug-likeness (QED) is 0.618. The van der Waals surface area contributed by atoms with E-state index in [0.717, 1.165) is 6.20 Å². The maximum Gasteiger partial charge on any atom is 0.223 e. The van der Waals surface area contributed by atoms with Crippen LogP contribution in [0.4, 0.5) is 24.5 Å². The van der Waals surface area contributed by atoms with E-state index in [0.29, 0.717) is 6.07 Å². The van der Waals surface area contributed by atoms with E-state index in [2.05, 4.69) is 9.97 Å². The van der Waals surface area contributed by atoms with Crippen LogP contribution in [0.25, 0.3) is 11.3 Å². The molecule has 0 bridgehead atoms. The Kier molecular flexibility index (Phi) is 3.00. The van der Waals surface area contributed by atoms with Crippen LogP contribution in [0.15, 0.2) is 12.3 Å². The zero-order valence-corrected chi connectivity index (χ0v) is 9.47. The molecule has 2 rings (SSSR count). The second kappa shape index (κ2) is 4.34. The minimum Gasteiger partial charge on any atom is -0.397 e. The first-order valence-electron chi connectivity index (χ1n) is 4.63. The maximum atomic E-state index is 13.7. The van der Waals surface area contributed by atoms with E-state index in [1.165, 1.54) is 0 Å². The van der Waals surface area contributed by atoms with Gasteiger partial charge in [0.15, 0.2) is 17.5 Å². The smallest absolute Gasteiger partial charge is 0.223 e. The van der Waals surface area contributed by atoms with Crippen molar-refractivity contribution in [2.45, 2.75) is 0 Å². The molecule has 8 heteroatoms. The third-order valence-electron chi connectivity index (χ3n) is 2.24. The predicted octanol–water partition coefficient (Wildman–Crippen LogP) is 2.38. The zero-order valence-electron chi connectivity index (χ0n) is 8.72. The minimum atomic E-state index is -1.35. The molecule has 0 unspecified atom stereocenters. The fourth-order valence-corrected chi connectivity index (χ4v) is 1.55. The number of hydrogen-bond acceptors (Lipinski definition) is 4. The van der Waals surface area contributed by atoms with Gasteiger partial charge in [-0.05, 0) is 11.6 Å². The van der Waals surface area contributed by atoms with E-state index in [-0.39, 0.29) is 16.7 Å². The standard InChI is InChI=1S/C10H6ClF3N4/c11-10-17-2-4(13)9(18-10)6-7(14)3(12)1-5(15)8(6)16/h1-2H,15-16H2. The van der Waals surface area contributed by atoms with Crippen molar-refractivity contribution in [2.75, 3.05) is 11.5 Å². The zero-order chi connectivity index (χ0) is 13.4. The Morgan fingerprint density at radius 2 is 1.78 bits per heavy atom. The number of anilines is 2. The Bertz CT molecular complexity index is 607. The number of benzene rings is 1. The Labute approximate surface area is 104 Å². The number of hydrogen-bond donors (Lipinski definition) is 2. The van der Waals surface area contributed by atoms with Gasteiger partial charge >= 0.3 is 0 Å². The second-order valence-electron chi connectivity index (χ2n) is 3.39. The number of nitrogens with two attached hydrogens (primary N) is 2. The average molecular weight is 275 g/mol. The van der Waals surface area contributed by atoms with Crippen molar-refractivity contribution in [1.82, 2.24) is 9.97 Å². The number of halogens is 4. The lowest BCUT2D eigenvalue weighted by molar-refractivity contribution is 0.510. The van der Waals surface area contributed by atoms with Crippen molar-refractivity contribution < 1.29 is 13.2 Å². The van der Waals surface area contributed by atoms with Gasteiger partial charge in [0.25, 0.3) is 0 Å². The van der Waals surface area contributed by atoms with Gasteiger partial charge in [-0.25, -0.2) is 23.1 Å². The molecule has 0 atom stereocenters. The van der Waals surface area contributed by atoms with Gasteiger partial charge in [-0.1, -0.05) is 0 Å². The molecule has 0 spiro atoms. The molecule has 4 nitrogen and oxygen atoms in total. The Balaban J connectivity index is 2.82. The van der Waals surface area contributed by atoms with Crippen molar-refractivity contribution in [3.63, 3.8) is 0 Å². The largest absolute Gasteiger partial charge is 0.397 e. The number of aromatic nitrogens is 2. The highest BCUT2D eigenvalue weighted by molar-refractivity contribution is 6.28. The Morgan fingerprint density at radius 3 is 2.44 bits per heavy atom. The van der Waals surface area contributed by atoms with Gasteiger partial charge in [-0.3, -0.25) is 0 Å². The summed E-state index contributed by atoms with van der Waals surface area (Å²) >= 11 is 5.47. The van der Waals surface area contributed by atoms with Crippen LogP contribution in [0.2, 0.25) is 5.28 Å². The summed E-state index contributed by atoms with van der Waals surface area (Å²) in [5.74, 6) is -3.60. The van der Waals surface area contributed by atoms with Crippen LogP contribution in [0, 0.1) is 17.5 Å². The molecule has 1 aromatic heterocycles. The summed E-state index contributed by atoms with van der Waals surface area (Å²) in [4.78, 5) is 6.84. The molecule has 0 aliphatic heterocycles. The summed E-state index contributed by atoms with van der Waals surface area (Å²) in [6.45, 7) is 0. The molecular formula is C10H6ClF3N4. The summed E-state index contributed by atoms with van der Waals surface area (Å²) in [6.07, 6.45) is 0.727. The van der Waals surface area contributed by atoms with Gasteiger partial charge in [-0.2, -0.15) is 0 Å². The third kappa shape index (κ3) is 1.92. The summed E-state index contributed by atoms with van der Waals surface area (Å²) < 4.78 is 40.4. The summed E-state index contributed by atoms with van der Waals surface area (Å²) in [6, 6.07) is 0.703. The van der Waals surface area contributed by atoms with Crippen LogP contribution in [0.1, 0.15) is 0 Å². The minimum absolute atomic E-state index is 0.224. The lowest BCUT2D eigenvalue weighted by Crippen LogP contribution is -2.05. The van der Waals surface area contributed by atoms with Crippen molar-refractivity contribution in [2.24, 2.45) is 0 Å². The number of nitrogen functional groups attached to an aromatic ring is 2. The van der Waals surface area contributed by atoms with Crippen LogP contribution >= 0.6 is 11.6 Å². The first-order chi connectivity index (χ1) is 8.41. The SMILES string of the molecule is Nc1cc(F)c(F)c(-c2nc(Cl)ncc2F)c1N. The normalized spacial score (nSPS) is 10.7. The third-order valence-corrected chi connectivity index (χ3v) is 2.43. The maximum absolute atomic E-state index is 13.7. The molecule has 0 amide bonds. The van der Waals surface area contributed by atoms with E-state index < -0.39 is 28.7 Å². The highest BCUT2D eigenvalue weighted by Crippen LogP contribution is 2.34. The molecule has 94 valence electrons. The molecule has 4 N–H and O–H groups in total. The molecular weight excluding hydrogens is 269 g/mol. The molecule has 2 aromatic rings. The highest BCUT2D eigenvalue weighted by atomic mass is 35.5. The van der Waals surface area contributed by atoms with Crippen LogP contribution in [0.5, 0.6) is 0 Å². The van der Waals surface area contributed by atoms with Crippen LogP contribution in [-0.2, 0) is 0 Å². The van der Waals surface area contributed by atoms with Crippen molar-refractivity contribution in [3.8, 4) is 11.3 Å². The Morgan fingerprint density at radius 1 is 1.11 bits per heavy atom. The van der Waals surface area contributed by atoms with Crippen LogP contribution in [0.3, 0.4) is 0 Å². The van der Waals surface area contributed by atoms with E-state index in [4.69, 9.17) is 23.1 Å². The first kappa shape index (κ1) is 12.4. The molecule has 0 saturated carbocycles. The fourth-order valence-electron chi connectivity index (χ4n) is 1.41. The van der Waals surface area contributed by atoms with Crippen molar-refractivity contribution >= 4 is 23.0 Å². The van der Waals surface area contributed by atoms with E-state index in [1.807, 2.05) is 0 Å². The van der Waals surface area contributed by atoms with Gasteiger partial charge < -0.3 is 11.5 Å². The topological polar surface area (TPSA) is 77.8 Å². The van der Waals surface area contributed by atoms with Crippen LogP contribution < -0.4 is 11.5 Å². The van der Waals surface area contributed by atoms with Gasteiger partial charge in [0, 0.05) is 6.07 Å². The lowest BCUT2D eigenvalue weighted by atomic mass is 10.1. The molecule has 0 saturated heterocycles. The van der Waals surface area contributed by atoms with Gasteiger partial charge in [-0.15, -0.1) is 0 Å². The lowest BCUT2D eigenvalue weighted by Gasteiger charge is -2.10. The van der Waals surface area contributed by atoms with E-state index in [1.54, 1.807) is 0 Å². The summed E-state index contributed by atoms with van der Waals surface area (Å²) in [5, 5.41) is -0.326. The van der Waals surface area contributed by atoms with Gasteiger partial charge in [0.2, 0.25) is 5.28 Å². The molecule has 0 radical (unpaired) electrons. The summed E-state index contributed by atoms with van der Waals surface area (Å²) in [7, 11) is 0. The molecule has 18 heavy (non-hydrogen) atoms. The number of nitrogens with zero attached hydrogens (tertiary/aromatic N) is 2. The highest BCUT2D eigenvalue weighted by Gasteiger charge is 2.21. The molecule has 1 aromatic carbocycles. The molecule has 0 aliphatic rings. The molecule has 1 heterocycles. The first-order valence-corrected chi connectivity index (χ1v) is 5.01. The second-order valence-corrected chi connectivity index (χ2v) is 3.72. The monoisotopic (exact) mass is 274 g/mol. The average Bonchev–Trinajstić information content (AvgIpc) is 2.31. The number of rotatable bonds is 1. The van der Waals surface area contributed by atoms with E-state index in [9.17, 15) is 13.2 Å². The van der Waals surface area contributed by atoms with Crippen molar-refractivity contribution in [1.29, 1.82) is 0 Å². The molecule has 0 fully saturated rings. The van der Waals surface area contributed by atoms with Crippen LogP contribution in [-0.4, -0.2) is 9.97 Å². The van der Waals surface area contributed by atoms with E-state index >= 15 is 0 Å². The predicted molar refractivity (Wildman–Crippen MR) is 61.2 cm³/mol. The van der Waals surface area contributed by atoms with Gasteiger partial charge in [0.05, 0.1) is 23.1 Å². The fraction of sp³-hybridized carbons (Fsp3) is 0. The van der Waals surface area contributed by atoms with Crippen molar-refractivity contribution in [3.05, 3.63) is 35.0 Å². The molecule has 0 aliphatic carbocycles. The van der Waals surface area contributed by atoms with Gasteiger partial charge in [0.1, 0.15) is 5.69 Å². The summed E-state index contributed by atoms with van der Waals surface area (Å²) in [5.41, 5.74) is 9.23. The Hall–Kier alpha value is -2.02.